The van der Waals surface area contributed by atoms with Crippen molar-refractivity contribution in [3.05, 3.63) is 48.5 Å². The van der Waals surface area contributed by atoms with E-state index in [1.807, 2.05) is 0 Å². The molecule has 0 saturated carbocycles. The van der Waals surface area contributed by atoms with Gasteiger partial charge in [-0.15, -0.1) is 0 Å². The zero-order chi connectivity index (χ0) is 17.5. The Hall–Kier alpha value is -1.13. The number of hydrogen-bond acceptors (Lipinski definition) is 6. The number of rotatable bonds is 4. The van der Waals surface area contributed by atoms with Crippen LogP contribution in [0.15, 0.2) is 68.1 Å². The summed E-state index contributed by atoms with van der Waals surface area (Å²) in [7, 11) is -1.54. The minimum atomic E-state index is -3.96. The molecular formula is C12H8Cl2O6S3. The summed E-state index contributed by atoms with van der Waals surface area (Å²) in [6, 6.07) is 8.63. The normalized spacial score (nSPS) is 13.0. The van der Waals surface area contributed by atoms with Crippen LogP contribution >= 0.6 is 21.4 Å². The molecule has 0 N–H and O–H groups in total. The fourth-order valence-electron chi connectivity index (χ4n) is 1.70. The summed E-state index contributed by atoms with van der Waals surface area (Å²) >= 11 is 0. The Balaban J connectivity index is 2.46. The summed E-state index contributed by atoms with van der Waals surface area (Å²) in [6.07, 6.45) is 0. The van der Waals surface area contributed by atoms with Crippen molar-refractivity contribution in [1.29, 1.82) is 0 Å². The molecule has 2 aromatic rings. The average Bonchev–Trinajstić information content (AvgIpc) is 2.46. The van der Waals surface area contributed by atoms with E-state index in [0.717, 1.165) is 48.5 Å². The van der Waals surface area contributed by atoms with Gasteiger partial charge in [0, 0.05) is 21.4 Å². The van der Waals surface area contributed by atoms with E-state index in [1.54, 1.807) is 0 Å². The van der Waals surface area contributed by atoms with Crippen molar-refractivity contribution in [3.63, 3.8) is 0 Å². The molecule has 0 aromatic heterocycles. The molecule has 0 atom stereocenters. The first-order valence-electron chi connectivity index (χ1n) is 5.77. The van der Waals surface area contributed by atoms with Crippen molar-refractivity contribution < 1.29 is 25.3 Å². The molecule has 11 heteroatoms. The minimum absolute atomic E-state index is 0.164. The molecule has 0 saturated heterocycles. The molecule has 0 aliphatic heterocycles. The van der Waals surface area contributed by atoms with Gasteiger partial charge in [0.05, 0.1) is 19.6 Å². The van der Waals surface area contributed by atoms with Crippen LogP contribution in [0.5, 0.6) is 0 Å². The van der Waals surface area contributed by atoms with Crippen LogP contribution in [0.2, 0.25) is 0 Å². The second kappa shape index (κ2) is 6.06. The molecule has 0 amide bonds. The Kier molecular flexibility index (Phi) is 4.80. The molecule has 0 aliphatic carbocycles. The Bertz CT molecular complexity index is 957. The van der Waals surface area contributed by atoms with Gasteiger partial charge in [-0.05, 0) is 48.5 Å². The lowest BCUT2D eigenvalue weighted by Crippen LogP contribution is -2.03. The first kappa shape index (κ1) is 18.2. The van der Waals surface area contributed by atoms with Gasteiger partial charge in [-0.3, -0.25) is 0 Å². The first-order chi connectivity index (χ1) is 10.4. The van der Waals surface area contributed by atoms with Crippen molar-refractivity contribution in [2.45, 2.75) is 19.6 Å². The van der Waals surface area contributed by atoms with E-state index in [9.17, 15) is 25.3 Å². The highest BCUT2D eigenvalue weighted by Crippen LogP contribution is 2.25. The Morgan fingerprint density at radius 1 is 0.478 bits per heavy atom. The van der Waals surface area contributed by atoms with Crippen molar-refractivity contribution in [3.8, 4) is 0 Å². The Morgan fingerprint density at radius 3 is 0.913 bits per heavy atom. The molecule has 6 nitrogen and oxygen atoms in total. The monoisotopic (exact) mass is 414 g/mol. The predicted octanol–water partition coefficient (Wildman–Crippen LogP) is 2.37. The number of sulfone groups is 1. The standard InChI is InChI=1S/C12H8Cl2O6S3/c13-22(17,18)11-5-1-9(2-6-11)21(15,16)10-3-7-12(8-4-10)23(14,19)20/h1-8H. The Morgan fingerprint density at radius 2 is 0.696 bits per heavy atom. The molecule has 0 fully saturated rings. The van der Waals surface area contributed by atoms with Gasteiger partial charge in [0.1, 0.15) is 0 Å². The zero-order valence-corrected chi connectivity index (χ0v) is 15.0. The minimum Gasteiger partial charge on any atom is -0.219 e. The SMILES string of the molecule is O=S(=O)(Cl)c1ccc(S(=O)(=O)c2ccc(S(=O)(=O)Cl)cc2)cc1. The molecule has 0 radical (unpaired) electrons. The second-order valence-corrected chi connectivity index (χ2v) is 11.4. The van der Waals surface area contributed by atoms with Gasteiger partial charge in [0.15, 0.2) is 0 Å². The van der Waals surface area contributed by atoms with Gasteiger partial charge in [0.2, 0.25) is 9.84 Å². The van der Waals surface area contributed by atoms with E-state index >= 15 is 0 Å². The molecule has 0 unspecified atom stereocenters. The third-order valence-electron chi connectivity index (χ3n) is 2.83. The fraction of sp³-hybridized carbons (Fsp3) is 0. The van der Waals surface area contributed by atoms with Crippen LogP contribution in [0, 0.1) is 0 Å². The van der Waals surface area contributed by atoms with E-state index in [2.05, 4.69) is 0 Å². The van der Waals surface area contributed by atoms with Crippen LogP contribution < -0.4 is 0 Å². The van der Waals surface area contributed by atoms with Crippen LogP contribution in [-0.2, 0) is 27.9 Å². The summed E-state index contributed by atoms with van der Waals surface area (Å²) in [4.78, 5) is -0.797. The average molecular weight is 415 g/mol. The molecule has 0 aliphatic rings. The van der Waals surface area contributed by atoms with Gasteiger partial charge in [-0.25, -0.2) is 25.3 Å². The third kappa shape index (κ3) is 4.04. The first-order valence-corrected chi connectivity index (χ1v) is 11.9. The van der Waals surface area contributed by atoms with Crippen molar-refractivity contribution in [2.24, 2.45) is 0 Å². The largest absolute Gasteiger partial charge is 0.261 e. The maximum atomic E-state index is 12.4. The van der Waals surface area contributed by atoms with Gasteiger partial charge in [-0.1, -0.05) is 0 Å². The van der Waals surface area contributed by atoms with Gasteiger partial charge in [-0.2, -0.15) is 0 Å². The van der Waals surface area contributed by atoms with Crippen LogP contribution in [0.3, 0.4) is 0 Å². The van der Waals surface area contributed by atoms with E-state index in [1.165, 1.54) is 0 Å². The van der Waals surface area contributed by atoms with Gasteiger partial charge >= 0.3 is 0 Å². The number of benzene rings is 2. The summed E-state index contributed by atoms with van der Waals surface area (Å²) in [5, 5.41) is 0. The van der Waals surface area contributed by atoms with Crippen LogP contribution in [0.1, 0.15) is 0 Å². The molecule has 23 heavy (non-hydrogen) atoms. The predicted molar refractivity (Wildman–Crippen MR) is 84.4 cm³/mol. The highest BCUT2D eigenvalue weighted by molar-refractivity contribution is 8.14. The third-order valence-corrected chi connectivity index (χ3v) is 7.36. The quantitative estimate of drug-likeness (QED) is 0.711. The highest BCUT2D eigenvalue weighted by Gasteiger charge is 2.20. The molecule has 124 valence electrons. The molecule has 2 aromatic carbocycles. The van der Waals surface area contributed by atoms with Gasteiger partial charge in [0.25, 0.3) is 18.1 Å². The Labute approximate surface area is 142 Å². The summed E-state index contributed by atoms with van der Waals surface area (Å²) in [5.74, 6) is 0. The fourth-order valence-corrected chi connectivity index (χ4v) is 4.50. The molecule has 0 spiro atoms. The van der Waals surface area contributed by atoms with Crippen LogP contribution in [0.25, 0.3) is 0 Å². The maximum Gasteiger partial charge on any atom is 0.261 e. The van der Waals surface area contributed by atoms with Gasteiger partial charge < -0.3 is 0 Å². The van der Waals surface area contributed by atoms with Crippen molar-refractivity contribution >= 4 is 49.3 Å². The van der Waals surface area contributed by atoms with Crippen LogP contribution in [0.4, 0.5) is 0 Å². The lowest BCUT2D eigenvalue weighted by molar-refractivity contribution is 0.594. The lowest BCUT2D eigenvalue weighted by atomic mass is 10.4. The smallest absolute Gasteiger partial charge is 0.219 e. The van der Waals surface area contributed by atoms with E-state index < -0.39 is 27.9 Å². The number of halogens is 2. The molecular weight excluding hydrogens is 407 g/mol. The zero-order valence-electron chi connectivity index (χ0n) is 11.0. The molecule has 0 bridgehead atoms. The van der Waals surface area contributed by atoms with Crippen molar-refractivity contribution in [2.75, 3.05) is 0 Å². The van der Waals surface area contributed by atoms with Crippen LogP contribution in [-0.4, -0.2) is 25.3 Å². The molecule has 0 heterocycles. The summed E-state index contributed by atoms with van der Waals surface area (Å²) < 4.78 is 69.3. The molecule has 2 rings (SSSR count). The topological polar surface area (TPSA) is 102 Å². The van der Waals surface area contributed by atoms with E-state index in [4.69, 9.17) is 21.4 Å². The van der Waals surface area contributed by atoms with E-state index in [-0.39, 0.29) is 19.6 Å². The highest BCUT2D eigenvalue weighted by atomic mass is 35.7. The summed E-state index contributed by atoms with van der Waals surface area (Å²) in [5.41, 5.74) is 0. The summed E-state index contributed by atoms with van der Waals surface area (Å²) in [6.45, 7) is 0. The number of hydrogen-bond donors (Lipinski definition) is 0. The lowest BCUT2D eigenvalue weighted by Gasteiger charge is -2.06. The second-order valence-electron chi connectivity index (χ2n) is 4.32. The van der Waals surface area contributed by atoms with E-state index in [0.29, 0.717) is 0 Å². The van der Waals surface area contributed by atoms with Crippen molar-refractivity contribution in [1.82, 2.24) is 0 Å². The maximum absolute atomic E-state index is 12.4.